The minimum Gasteiger partial charge on any atom is -0.506 e. The summed E-state index contributed by atoms with van der Waals surface area (Å²) in [6.07, 6.45) is 3.15. The number of H-pyrrole nitrogens is 1. The number of hydrogen-bond acceptors (Lipinski definition) is 12. The number of nitrogens with two attached hydrogens (primary N) is 5. The zero-order valence-electron chi connectivity index (χ0n) is 28.6. The molecule has 0 unspecified atom stereocenters. The number of carbonyl (C=O) groups is 1. The molecule has 0 amide bonds. The first-order valence-corrected chi connectivity index (χ1v) is 15.3. The van der Waals surface area contributed by atoms with E-state index in [1.54, 1.807) is 18.3 Å². The fourth-order valence-electron chi connectivity index (χ4n) is 3.58. The van der Waals surface area contributed by atoms with Gasteiger partial charge in [0.05, 0.1) is 11.6 Å². The number of nitriles is 1. The Kier molecular flexibility index (Phi) is 17.7. The third-order valence-corrected chi connectivity index (χ3v) is 6.16. The molecule has 0 aliphatic rings. The van der Waals surface area contributed by atoms with Crippen LogP contribution in [0.2, 0.25) is 0 Å². The molecule has 0 aliphatic carbocycles. The SMILES string of the molecule is C.CC(=O)CCl.Cc1ccc(O)c(N)c1.Cc1ccc2nc(Nc3ncc(C)[nH]3)oc2c1.Cc1ccc2oc(N=C(N)N)nc2c1.N#CN=C(N)N. The number of aromatic nitrogens is 4. The van der Waals surface area contributed by atoms with E-state index in [0.717, 1.165) is 39.0 Å². The van der Waals surface area contributed by atoms with Crippen LogP contribution in [0.15, 0.2) is 79.6 Å². The Morgan fingerprint density at radius 3 is 2.06 bits per heavy atom. The van der Waals surface area contributed by atoms with Gasteiger partial charge in [0, 0.05) is 11.9 Å². The first kappa shape index (κ1) is 43.2. The molecule has 0 saturated carbocycles. The van der Waals surface area contributed by atoms with E-state index >= 15 is 0 Å². The number of rotatable bonds is 4. The number of benzene rings is 3. The predicted octanol–water partition coefficient (Wildman–Crippen LogP) is 5.43. The Morgan fingerprint density at radius 2 is 1.54 bits per heavy atom. The van der Waals surface area contributed by atoms with Crippen LogP contribution < -0.4 is 34.0 Å². The van der Waals surface area contributed by atoms with E-state index in [1.165, 1.54) is 13.1 Å². The maximum Gasteiger partial charge on any atom is 0.325 e. The third-order valence-electron chi connectivity index (χ3n) is 5.78. The molecule has 18 heteroatoms. The number of nitrogens with zero attached hydrogens (tertiary/aromatic N) is 6. The number of hydrogen-bond donors (Lipinski definition) is 8. The average molecular weight is 734 g/mol. The zero-order chi connectivity index (χ0) is 38.1. The van der Waals surface area contributed by atoms with Crippen molar-refractivity contribution in [2.75, 3.05) is 16.9 Å². The van der Waals surface area contributed by atoms with Crippen LogP contribution >= 0.6 is 11.6 Å². The third kappa shape index (κ3) is 15.6. The largest absolute Gasteiger partial charge is 0.506 e. The number of oxazole rings is 2. The Hall–Kier alpha value is -6.80. The van der Waals surface area contributed by atoms with E-state index in [1.807, 2.05) is 70.2 Å². The Labute approximate surface area is 305 Å². The van der Waals surface area contributed by atoms with Crippen LogP contribution in [0.5, 0.6) is 5.75 Å². The fourth-order valence-corrected chi connectivity index (χ4v) is 3.58. The highest BCUT2D eigenvalue weighted by Gasteiger charge is 2.07. The number of imidazole rings is 1. The number of nitrogen functional groups attached to an aromatic ring is 1. The predicted molar refractivity (Wildman–Crippen MR) is 206 cm³/mol. The van der Waals surface area contributed by atoms with Crippen molar-refractivity contribution in [2.45, 2.75) is 42.0 Å². The van der Waals surface area contributed by atoms with E-state index in [0.29, 0.717) is 23.2 Å². The average Bonchev–Trinajstić information content (AvgIpc) is 3.77. The van der Waals surface area contributed by atoms with E-state index < -0.39 is 0 Å². The standard InChI is InChI=1S/C12H12N4O.C9H10N4O.C7H9NO.C3H5ClO.C2H4N4.CH4/c1-7-3-4-9-10(5-7)17-12(15-9)16-11-13-6-8(2)14-11;1-5-2-3-7-6(4-5)12-9(14-7)13-8(10)11;1-5-2-3-7(9)6(8)4-5;1-3(5)2-4;3-1-6-2(4)5;/h3-6H,1-2H3,(H2,13,14,15,16);2-4H,1H3,(H4,10,11,12,13);2-4,9H,8H2,1H3;2H2,1H3;(H4,4,5,6);1H4. The maximum absolute atomic E-state index is 9.68. The number of ketones is 1. The number of alkyl halides is 1. The van der Waals surface area contributed by atoms with Crippen molar-refractivity contribution in [1.82, 2.24) is 19.9 Å². The first-order chi connectivity index (χ1) is 24.1. The lowest BCUT2D eigenvalue weighted by molar-refractivity contribution is -0.114. The van der Waals surface area contributed by atoms with Gasteiger partial charge >= 0.3 is 12.0 Å². The van der Waals surface area contributed by atoms with Gasteiger partial charge in [-0.15, -0.1) is 16.6 Å². The molecular formula is C34H44ClN13O4. The van der Waals surface area contributed by atoms with Gasteiger partial charge in [0.15, 0.2) is 17.1 Å². The number of carbonyl (C=O) groups excluding carboxylic acids is 1. The molecule has 0 radical (unpaired) electrons. The number of guanidine groups is 2. The van der Waals surface area contributed by atoms with E-state index in [-0.39, 0.29) is 42.8 Å². The summed E-state index contributed by atoms with van der Waals surface area (Å²) in [7, 11) is 0. The molecule has 0 aliphatic heterocycles. The number of fused-ring (bicyclic) bond motifs is 2. The minimum absolute atomic E-state index is 0. The van der Waals surface area contributed by atoms with Crippen LogP contribution in [-0.4, -0.2) is 48.6 Å². The summed E-state index contributed by atoms with van der Waals surface area (Å²) in [6, 6.07) is 17.3. The molecular weight excluding hydrogens is 690 g/mol. The number of aliphatic imine (C=N–C) groups is 2. The number of aryl methyl sites for hydroxylation is 4. The lowest BCUT2D eigenvalue weighted by atomic mass is 10.2. The van der Waals surface area contributed by atoms with Crippen LogP contribution in [0.4, 0.5) is 23.7 Å². The molecule has 0 spiro atoms. The van der Waals surface area contributed by atoms with Crippen molar-refractivity contribution in [1.29, 1.82) is 5.26 Å². The van der Waals surface area contributed by atoms with Gasteiger partial charge in [0.2, 0.25) is 18.1 Å². The van der Waals surface area contributed by atoms with Gasteiger partial charge in [-0.25, -0.2) is 4.98 Å². The van der Waals surface area contributed by atoms with Crippen molar-refractivity contribution in [3.63, 3.8) is 0 Å². The molecule has 3 heterocycles. The molecule has 3 aromatic carbocycles. The van der Waals surface area contributed by atoms with Gasteiger partial charge in [-0.2, -0.15) is 20.2 Å². The van der Waals surface area contributed by atoms with Crippen molar-refractivity contribution < 1.29 is 18.7 Å². The van der Waals surface area contributed by atoms with Crippen LogP contribution in [0.25, 0.3) is 22.2 Å². The summed E-state index contributed by atoms with van der Waals surface area (Å²) in [5.74, 6) is 0.684. The molecule has 0 saturated heterocycles. The number of anilines is 3. The number of nitrogens with one attached hydrogen (secondary N) is 2. The summed E-state index contributed by atoms with van der Waals surface area (Å²) < 4.78 is 10.9. The summed E-state index contributed by atoms with van der Waals surface area (Å²) >= 11 is 4.99. The molecule has 6 aromatic rings. The van der Waals surface area contributed by atoms with Crippen molar-refractivity contribution >= 4 is 75.2 Å². The Bertz CT molecular complexity index is 2140. The van der Waals surface area contributed by atoms with Crippen molar-refractivity contribution in [3.8, 4) is 11.9 Å². The van der Waals surface area contributed by atoms with Gasteiger partial charge in [-0.3, -0.25) is 10.1 Å². The topological polar surface area (TPSA) is 309 Å². The Morgan fingerprint density at radius 1 is 0.923 bits per heavy atom. The van der Waals surface area contributed by atoms with E-state index in [4.69, 9.17) is 59.5 Å². The molecule has 276 valence electrons. The number of aromatic amines is 1. The summed E-state index contributed by atoms with van der Waals surface area (Å²) in [5.41, 5.74) is 33.0. The summed E-state index contributed by atoms with van der Waals surface area (Å²) in [5, 5.41) is 19.5. The van der Waals surface area contributed by atoms with Crippen LogP contribution in [0.3, 0.4) is 0 Å². The molecule has 0 bridgehead atoms. The lowest BCUT2D eigenvalue weighted by Gasteiger charge is -1.97. The number of Topliss-reactive ketones (excluding diaryl/α,β-unsaturated/α-hetero) is 1. The molecule has 3 aromatic heterocycles. The van der Waals surface area contributed by atoms with Gasteiger partial charge in [0.25, 0.3) is 0 Å². The number of phenols is 1. The highest BCUT2D eigenvalue weighted by molar-refractivity contribution is 6.27. The molecule has 0 fully saturated rings. The van der Waals surface area contributed by atoms with Crippen molar-refractivity contribution in [3.05, 3.63) is 83.2 Å². The van der Waals surface area contributed by atoms with Crippen LogP contribution in [-0.2, 0) is 4.79 Å². The molecule has 13 N–H and O–H groups in total. The summed E-state index contributed by atoms with van der Waals surface area (Å²) in [6.45, 7) is 9.32. The van der Waals surface area contributed by atoms with E-state index in [9.17, 15) is 4.79 Å². The number of aromatic hydroxyl groups is 1. The van der Waals surface area contributed by atoms with Gasteiger partial charge in [-0.1, -0.05) is 25.6 Å². The highest BCUT2D eigenvalue weighted by Crippen LogP contribution is 2.23. The van der Waals surface area contributed by atoms with Gasteiger partial charge < -0.3 is 47.6 Å². The lowest BCUT2D eigenvalue weighted by Crippen LogP contribution is -2.21. The van der Waals surface area contributed by atoms with Crippen molar-refractivity contribution in [2.24, 2.45) is 32.9 Å². The second kappa shape index (κ2) is 21.3. The van der Waals surface area contributed by atoms with Gasteiger partial charge in [-0.05, 0) is 87.7 Å². The second-order valence-electron chi connectivity index (χ2n) is 10.6. The zero-order valence-corrected chi connectivity index (χ0v) is 29.4. The normalized spacial score (nSPS) is 9.40. The molecule has 6 rings (SSSR count). The van der Waals surface area contributed by atoms with Crippen LogP contribution in [0.1, 0.15) is 36.7 Å². The smallest absolute Gasteiger partial charge is 0.325 e. The fraction of sp³-hybridized carbons (Fsp3) is 0.206. The second-order valence-corrected chi connectivity index (χ2v) is 10.8. The summed E-state index contributed by atoms with van der Waals surface area (Å²) in [4.78, 5) is 31.9. The Balaban J connectivity index is 0.000000349. The monoisotopic (exact) mass is 733 g/mol. The minimum atomic E-state index is -0.197. The maximum atomic E-state index is 9.68. The highest BCUT2D eigenvalue weighted by atomic mass is 35.5. The first-order valence-electron chi connectivity index (χ1n) is 14.8. The molecule has 52 heavy (non-hydrogen) atoms. The van der Waals surface area contributed by atoms with Gasteiger partial charge in [0.1, 0.15) is 22.6 Å². The number of phenolic OH excluding ortho intramolecular Hbond substituents is 1. The molecule has 0 atom stereocenters. The van der Waals surface area contributed by atoms with E-state index in [2.05, 4.69) is 35.2 Å². The number of halogens is 1. The quantitative estimate of drug-likeness (QED) is 0.0280. The van der Waals surface area contributed by atoms with Crippen LogP contribution in [0, 0.1) is 39.1 Å². The molecule has 17 nitrogen and oxygen atoms in total.